The molecule has 0 N–H and O–H groups in total. The summed E-state index contributed by atoms with van der Waals surface area (Å²) in [6.07, 6.45) is 8.72. The molecule has 0 saturated heterocycles. The molecule has 0 aromatic heterocycles. The molecule has 0 amide bonds. The van der Waals surface area contributed by atoms with Crippen molar-refractivity contribution in [2.45, 2.75) is 38.5 Å². The second kappa shape index (κ2) is 5.44. The first-order chi connectivity index (χ1) is 6.92. The van der Waals surface area contributed by atoms with Crippen molar-refractivity contribution in [2.24, 2.45) is 17.8 Å². The van der Waals surface area contributed by atoms with Gasteiger partial charge in [-0.05, 0) is 56.3 Å². The van der Waals surface area contributed by atoms with Crippen molar-refractivity contribution in [1.82, 2.24) is 0 Å². The van der Waals surface area contributed by atoms with Gasteiger partial charge in [-0.15, -0.1) is 0 Å². The van der Waals surface area contributed by atoms with Crippen molar-refractivity contribution in [2.75, 3.05) is 6.61 Å². The Hall–Kier alpha value is 0.354. The smallest absolute Gasteiger partial charge is 0.353 e. The van der Waals surface area contributed by atoms with Gasteiger partial charge in [0.25, 0.3) is 0 Å². The molecule has 0 aromatic rings. The highest BCUT2D eigenvalue weighted by Crippen LogP contribution is 2.50. The topological polar surface area (TPSA) is 18.5 Å². The van der Waals surface area contributed by atoms with E-state index in [1.165, 1.54) is 38.5 Å². The predicted molar refractivity (Wildman–Crippen MR) is 62.3 cm³/mol. The van der Waals surface area contributed by atoms with Gasteiger partial charge in [0.1, 0.15) is 10.5 Å². The molecule has 0 spiro atoms. The first kappa shape index (κ1) is 10.9. The third kappa shape index (κ3) is 3.49. The van der Waals surface area contributed by atoms with Crippen LogP contribution in [0.2, 0.25) is 0 Å². The molecule has 0 atom stereocenters. The van der Waals surface area contributed by atoms with Crippen LogP contribution >= 0.6 is 0 Å². The van der Waals surface area contributed by atoms with Crippen LogP contribution < -0.4 is 0 Å². The fraction of sp³-hybridized carbons (Fsp3) is 1.00. The summed E-state index contributed by atoms with van der Waals surface area (Å²) < 4.78 is 10.5. The highest BCUT2D eigenvalue weighted by molar-refractivity contribution is 6.27. The van der Waals surface area contributed by atoms with Crippen molar-refractivity contribution in [3.63, 3.8) is 0 Å². The van der Waals surface area contributed by atoms with Crippen LogP contribution in [0.15, 0.2) is 0 Å². The highest BCUT2D eigenvalue weighted by Gasteiger charge is 2.40. The van der Waals surface area contributed by atoms with Crippen molar-refractivity contribution in [3.05, 3.63) is 0 Å². The van der Waals surface area contributed by atoms with E-state index < -0.39 is 0 Å². The Labute approximate surface area is 92.4 Å². The molecule has 14 heavy (non-hydrogen) atoms. The molecule has 0 aliphatic heterocycles. The van der Waals surface area contributed by atoms with E-state index in [4.69, 9.17) is 8.54 Å². The molecule has 4 heteroatoms. The van der Waals surface area contributed by atoms with Gasteiger partial charge in [-0.1, -0.05) is 0 Å². The van der Waals surface area contributed by atoms with Gasteiger partial charge >= 0.3 is 10.0 Å². The third-order valence-electron chi connectivity index (χ3n) is 3.42. The molecule has 2 nitrogen and oxygen atoms in total. The molecule has 0 bridgehead atoms. The van der Waals surface area contributed by atoms with E-state index in [1.54, 1.807) is 0 Å². The monoisotopic (exact) mass is 229 g/mol. The molecule has 2 rings (SSSR count). The minimum Gasteiger partial charge on any atom is -0.446 e. The van der Waals surface area contributed by atoms with Gasteiger partial charge in [0.15, 0.2) is 0 Å². The summed E-state index contributed by atoms with van der Waals surface area (Å²) in [7, 11) is 0.696. The maximum atomic E-state index is 5.43. The molecule has 2 aliphatic carbocycles. The van der Waals surface area contributed by atoms with Crippen LogP contribution in [-0.4, -0.2) is 27.1 Å². The normalized spacial score (nSPS) is 22.1. The van der Waals surface area contributed by atoms with E-state index >= 15 is 0 Å². The SMILES string of the molecule is [SiH3]O[SiH]OCCCC(C1CC1)C1CC1. The first-order valence-corrected chi connectivity index (χ1v) is 7.64. The third-order valence-corrected chi connectivity index (χ3v) is 4.56. The van der Waals surface area contributed by atoms with Gasteiger partial charge in [0.2, 0.25) is 0 Å². The zero-order chi connectivity index (χ0) is 9.80. The highest BCUT2D eigenvalue weighted by atomic mass is 28.3. The molecule has 0 heterocycles. The maximum absolute atomic E-state index is 5.43. The maximum Gasteiger partial charge on any atom is 0.353 e. The average Bonchev–Trinajstić information content (AvgIpc) is 3.03. The summed E-state index contributed by atoms with van der Waals surface area (Å²) >= 11 is 0. The largest absolute Gasteiger partial charge is 0.446 e. The molecule has 0 unspecified atom stereocenters. The first-order valence-electron chi connectivity index (χ1n) is 5.88. The lowest BCUT2D eigenvalue weighted by Crippen LogP contribution is -2.09. The van der Waals surface area contributed by atoms with Crippen molar-refractivity contribution >= 4 is 20.5 Å². The molecule has 2 aliphatic rings. The number of rotatable bonds is 8. The lowest BCUT2D eigenvalue weighted by Gasteiger charge is -2.14. The lowest BCUT2D eigenvalue weighted by molar-refractivity contribution is 0.261. The van der Waals surface area contributed by atoms with E-state index in [0.29, 0.717) is 0 Å². The molecule has 1 radical (unpaired) electrons. The quantitative estimate of drug-likeness (QED) is 0.452. The van der Waals surface area contributed by atoms with Crippen molar-refractivity contribution in [3.8, 4) is 0 Å². The van der Waals surface area contributed by atoms with Gasteiger partial charge in [0.05, 0.1) is 0 Å². The second-order valence-corrected chi connectivity index (χ2v) is 7.10. The summed E-state index contributed by atoms with van der Waals surface area (Å²) in [5, 5.41) is 0. The summed E-state index contributed by atoms with van der Waals surface area (Å²) in [6, 6.07) is 0. The van der Waals surface area contributed by atoms with Crippen LogP contribution in [0.4, 0.5) is 0 Å². The van der Waals surface area contributed by atoms with Gasteiger partial charge in [-0.25, -0.2) is 0 Å². The van der Waals surface area contributed by atoms with Crippen LogP contribution in [0.3, 0.4) is 0 Å². The van der Waals surface area contributed by atoms with E-state index in [-0.39, 0.29) is 10.0 Å². The molecular weight excluding hydrogens is 208 g/mol. The van der Waals surface area contributed by atoms with Crippen molar-refractivity contribution in [1.29, 1.82) is 0 Å². The van der Waals surface area contributed by atoms with E-state index in [9.17, 15) is 0 Å². The van der Waals surface area contributed by atoms with Crippen LogP contribution in [0, 0.1) is 17.8 Å². The fourth-order valence-corrected chi connectivity index (χ4v) is 3.23. The molecule has 81 valence electrons. The predicted octanol–water partition coefficient (Wildman–Crippen LogP) is 0.783. The van der Waals surface area contributed by atoms with E-state index in [2.05, 4.69) is 0 Å². The van der Waals surface area contributed by atoms with E-state index in [0.717, 1.165) is 34.8 Å². The van der Waals surface area contributed by atoms with Crippen molar-refractivity contribution < 1.29 is 8.54 Å². The van der Waals surface area contributed by atoms with Gasteiger partial charge < -0.3 is 8.54 Å². The molecule has 2 fully saturated rings. The molecule has 0 aromatic carbocycles. The average molecular weight is 229 g/mol. The van der Waals surface area contributed by atoms with Crippen LogP contribution in [-0.2, 0) is 8.54 Å². The fourth-order valence-electron chi connectivity index (χ4n) is 2.42. The Kier molecular flexibility index (Phi) is 4.22. The van der Waals surface area contributed by atoms with Crippen LogP contribution in [0.25, 0.3) is 0 Å². The standard InChI is InChI=1S/C10H21O2Si2/c13-12-14-11-7-1-2-10(8-3-4-8)9-5-6-9/h8-10,14H,1-7H2,13H3. The van der Waals surface area contributed by atoms with Gasteiger partial charge in [0, 0.05) is 6.61 Å². The Morgan fingerprint density at radius 1 is 1.21 bits per heavy atom. The van der Waals surface area contributed by atoms with Gasteiger partial charge in [-0.3, -0.25) is 0 Å². The second-order valence-electron chi connectivity index (χ2n) is 4.68. The summed E-state index contributed by atoms with van der Waals surface area (Å²) in [5.41, 5.74) is 0. The van der Waals surface area contributed by atoms with Crippen LogP contribution in [0.5, 0.6) is 0 Å². The number of hydrogen-bond acceptors (Lipinski definition) is 2. The minimum absolute atomic E-state index is 0.134. The minimum atomic E-state index is -0.134. The van der Waals surface area contributed by atoms with E-state index in [1.807, 2.05) is 0 Å². The Balaban J connectivity index is 1.53. The Morgan fingerprint density at radius 3 is 2.36 bits per heavy atom. The Bertz CT molecular complexity index is 158. The zero-order valence-electron chi connectivity index (χ0n) is 9.08. The zero-order valence-corrected chi connectivity index (χ0v) is 12.2. The molecular formula is C10H21O2Si2. The molecule has 2 saturated carbocycles. The number of hydrogen-bond donors (Lipinski definition) is 0. The Morgan fingerprint density at radius 2 is 1.86 bits per heavy atom. The summed E-state index contributed by atoms with van der Waals surface area (Å²) in [6.45, 7) is 0.938. The van der Waals surface area contributed by atoms with Crippen LogP contribution in [0.1, 0.15) is 38.5 Å². The summed E-state index contributed by atoms with van der Waals surface area (Å²) in [5.74, 6) is 3.26. The lowest BCUT2D eigenvalue weighted by atomic mass is 9.93. The van der Waals surface area contributed by atoms with Gasteiger partial charge in [-0.2, -0.15) is 0 Å². The summed E-state index contributed by atoms with van der Waals surface area (Å²) in [4.78, 5) is 0.